The van der Waals surface area contributed by atoms with E-state index in [9.17, 15) is 4.79 Å². The van der Waals surface area contributed by atoms with E-state index >= 15 is 0 Å². The van der Waals surface area contributed by atoms with Crippen molar-refractivity contribution >= 4 is 44.8 Å². The number of hydrogen-bond acceptors (Lipinski definition) is 6. The van der Waals surface area contributed by atoms with Crippen LogP contribution in [0.25, 0.3) is 27.6 Å². The van der Waals surface area contributed by atoms with Crippen LogP contribution in [0.5, 0.6) is 0 Å². The first-order valence-electron chi connectivity index (χ1n) is 11.4. The van der Waals surface area contributed by atoms with Crippen LogP contribution in [-0.4, -0.2) is 68.9 Å². The Bertz CT molecular complexity index is 1240. The Balaban J connectivity index is 1.46. The van der Waals surface area contributed by atoms with Gasteiger partial charge in [0.15, 0.2) is 5.82 Å². The molecular weight excluding hydrogens is 436 g/mol. The minimum atomic E-state index is 0.0848. The molecule has 0 saturated carbocycles. The Labute approximate surface area is 197 Å². The van der Waals surface area contributed by atoms with E-state index in [-0.39, 0.29) is 18.1 Å². The second kappa shape index (κ2) is 8.55. The molecule has 0 spiro atoms. The Morgan fingerprint density at radius 1 is 1.36 bits per heavy atom. The molecule has 2 aliphatic heterocycles. The number of amides is 1. The van der Waals surface area contributed by atoms with E-state index in [0.29, 0.717) is 25.6 Å². The SMILES string of the molecule is C=C(C)c1ncnn1/C=C(\C)c1[nH]c2cc(C(=O)N3C[C@H]4NCCO[C@@H]4C3)sc2c1C(C)C. The van der Waals surface area contributed by atoms with Crippen molar-refractivity contribution in [1.29, 1.82) is 0 Å². The van der Waals surface area contributed by atoms with Crippen molar-refractivity contribution in [3.8, 4) is 0 Å². The molecule has 2 aliphatic rings. The minimum Gasteiger partial charge on any atom is -0.373 e. The van der Waals surface area contributed by atoms with Gasteiger partial charge >= 0.3 is 0 Å². The molecule has 0 aliphatic carbocycles. The number of rotatable bonds is 5. The summed E-state index contributed by atoms with van der Waals surface area (Å²) in [6.45, 7) is 15.2. The summed E-state index contributed by atoms with van der Waals surface area (Å²) in [6.07, 6.45) is 3.61. The summed E-state index contributed by atoms with van der Waals surface area (Å²) in [5.74, 6) is 1.12. The second-order valence-corrected chi connectivity index (χ2v) is 10.3. The predicted octanol–water partition coefficient (Wildman–Crippen LogP) is 3.81. The molecule has 5 rings (SSSR count). The van der Waals surface area contributed by atoms with Crippen LogP contribution in [0.15, 0.2) is 19.0 Å². The van der Waals surface area contributed by atoms with Crippen LogP contribution in [0.3, 0.4) is 0 Å². The monoisotopic (exact) mass is 466 g/mol. The van der Waals surface area contributed by atoms with E-state index < -0.39 is 0 Å². The first kappa shape index (κ1) is 22.1. The van der Waals surface area contributed by atoms with E-state index in [1.165, 1.54) is 11.9 Å². The minimum absolute atomic E-state index is 0.0848. The summed E-state index contributed by atoms with van der Waals surface area (Å²) >= 11 is 1.57. The number of aromatic nitrogens is 4. The number of likely N-dealkylation sites (tertiary alicyclic amines) is 1. The molecule has 3 aromatic heterocycles. The van der Waals surface area contributed by atoms with Gasteiger partial charge < -0.3 is 19.9 Å². The Hall–Kier alpha value is -2.75. The highest BCUT2D eigenvalue weighted by atomic mass is 32.1. The number of H-pyrrole nitrogens is 1. The van der Waals surface area contributed by atoms with Crippen molar-refractivity contribution in [1.82, 2.24) is 30.0 Å². The predicted molar refractivity (Wildman–Crippen MR) is 132 cm³/mol. The van der Waals surface area contributed by atoms with Crippen LogP contribution < -0.4 is 5.32 Å². The van der Waals surface area contributed by atoms with Gasteiger partial charge in [0.1, 0.15) is 6.33 Å². The molecule has 0 radical (unpaired) electrons. The number of nitrogens with one attached hydrogen (secondary N) is 2. The molecule has 5 heterocycles. The first-order valence-corrected chi connectivity index (χ1v) is 12.2. The lowest BCUT2D eigenvalue weighted by molar-refractivity contribution is 0.0176. The van der Waals surface area contributed by atoms with Crippen LogP contribution >= 0.6 is 11.3 Å². The highest BCUT2D eigenvalue weighted by molar-refractivity contribution is 7.21. The molecule has 8 nitrogen and oxygen atoms in total. The third kappa shape index (κ3) is 3.94. The standard InChI is InChI=1S/C24H30N6O2S/c1-13(2)20-21(15(5)9-30-23(14(3)4)26-12-27-30)28-16-8-19(33-22(16)20)24(31)29-10-17-18(11-29)32-7-6-25-17/h8-9,12-13,17-18,25,28H,3,6-7,10-11H2,1-2,4-5H3/b15-9+/t17-,18-/m1/s1. The molecule has 2 atom stereocenters. The zero-order valence-corrected chi connectivity index (χ0v) is 20.3. The van der Waals surface area contributed by atoms with Gasteiger partial charge in [0.05, 0.1) is 33.8 Å². The summed E-state index contributed by atoms with van der Waals surface area (Å²) in [4.78, 5) is 23.8. The zero-order chi connectivity index (χ0) is 23.3. The van der Waals surface area contributed by atoms with Gasteiger partial charge in [0, 0.05) is 31.5 Å². The number of ether oxygens (including phenoxy) is 1. The van der Waals surface area contributed by atoms with Gasteiger partial charge in [-0.3, -0.25) is 4.79 Å². The van der Waals surface area contributed by atoms with Crippen LogP contribution in [0, 0.1) is 0 Å². The van der Waals surface area contributed by atoms with E-state index in [2.05, 4.69) is 47.7 Å². The maximum absolute atomic E-state index is 13.3. The molecule has 2 saturated heterocycles. The number of fused-ring (bicyclic) bond motifs is 2. The summed E-state index contributed by atoms with van der Waals surface area (Å²) in [7, 11) is 0. The maximum atomic E-state index is 13.3. The molecule has 9 heteroatoms. The highest BCUT2D eigenvalue weighted by Crippen LogP contribution is 2.39. The molecular formula is C24H30N6O2S. The average Bonchev–Trinajstić information content (AvgIpc) is 3.53. The highest BCUT2D eigenvalue weighted by Gasteiger charge is 2.38. The Kier molecular flexibility index (Phi) is 5.72. The molecule has 0 aromatic carbocycles. The van der Waals surface area contributed by atoms with E-state index in [0.717, 1.165) is 44.3 Å². The van der Waals surface area contributed by atoms with E-state index in [1.54, 1.807) is 16.0 Å². The van der Waals surface area contributed by atoms with Crippen molar-refractivity contribution in [2.24, 2.45) is 0 Å². The Morgan fingerprint density at radius 2 is 2.18 bits per heavy atom. The molecule has 0 bridgehead atoms. The summed E-state index contributed by atoms with van der Waals surface area (Å²) < 4.78 is 8.74. The number of aromatic amines is 1. The van der Waals surface area contributed by atoms with E-state index in [4.69, 9.17) is 4.74 Å². The third-order valence-corrected chi connectivity index (χ3v) is 7.51. The maximum Gasteiger partial charge on any atom is 0.264 e. The van der Waals surface area contributed by atoms with E-state index in [1.807, 2.05) is 24.1 Å². The van der Waals surface area contributed by atoms with Crippen LogP contribution in [0.2, 0.25) is 0 Å². The summed E-state index contributed by atoms with van der Waals surface area (Å²) in [5, 5.41) is 7.79. The topological polar surface area (TPSA) is 88.1 Å². The molecule has 1 amide bonds. The van der Waals surface area contributed by atoms with Crippen LogP contribution in [0.1, 0.15) is 60.4 Å². The van der Waals surface area contributed by atoms with Gasteiger partial charge in [-0.25, -0.2) is 9.67 Å². The number of allylic oxidation sites excluding steroid dienone is 2. The lowest BCUT2D eigenvalue weighted by atomic mass is 10.0. The molecule has 2 N–H and O–H groups in total. The normalized spacial score (nSPS) is 21.2. The van der Waals surface area contributed by atoms with Gasteiger partial charge in [0.25, 0.3) is 5.91 Å². The fourth-order valence-electron chi connectivity index (χ4n) is 4.78. The van der Waals surface area contributed by atoms with Crippen molar-refractivity contribution in [3.05, 3.63) is 40.9 Å². The first-order chi connectivity index (χ1) is 15.8. The number of morpholine rings is 1. The van der Waals surface area contributed by atoms with Gasteiger partial charge in [-0.05, 0) is 42.5 Å². The lowest BCUT2D eigenvalue weighted by Gasteiger charge is -2.25. The van der Waals surface area contributed by atoms with Crippen molar-refractivity contribution < 1.29 is 9.53 Å². The number of carbonyl (C=O) groups excluding carboxylic acids is 1. The largest absolute Gasteiger partial charge is 0.373 e. The smallest absolute Gasteiger partial charge is 0.264 e. The lowest BCUT2D eigenvalue weighted by Crippen LogP contribution is -2.47. The van der Waals surface area contributed by atoms with Crippen molar-refractivity contribution in [2.75, 3.05) is 26.2 Å². The number of hydrogen-bond donors (Lipinski definition) is 2. The summed E-state index contributed by atoms with van der Waals surface area (Å²) in [6, 6.07) is 2.23. The fraction of sp³-hybridized carbons (Fsp3) is 0.458. The number of thiophene rings is 1. The number of nitrogens with zero attached hydrogens (tertiary/aromatic N) is 4. The van der Waals surface area contributed by atoms with Crippen molar-refractivity contribution in [2.45, 2.75) is 45.8 Å². The zero-order valence-electron chi connectivity index (χ0n) is 19.5. The van der Waals surface area contributed by atoms with Gasteiger partial charge in [0.2, 0.25) is 0 Å². The molecule has 3 aromatic rings. The Morgan fingerprint density at radius 3 is 2.91 bits per heavy atom. The summed E-state index contributed by atoms with van der Waals surface area (Å²) in [5.41, 5.74) is 5.20. The molecule has 33 heavy (non-hydrogen) atoms. The van der Waals surface area contributed by atoms with Crippen LogP contribution in [-0.2, 0) is 4.74 Å². The van der Waals surface area contributed by atoms with Crippen LogP contribution in [0.4, 0.5) is 0 Å². The molecule has 0 unspecified atom stereocenters. The fourth-order valence-corrected chi connectivity index (χ4v) is 6.06. The van der Waals surface area contributed by atoms with Crippen molar-refractivity contribution in [3.63, 3.8) is 0 Å². The molecule has 2 fully saturated rings. The van der Waals surface area contributed by atoms with Gasteiger partial charge in [-0.2, -0.15) is 5.10 Å². The van der Waals surface area contributed by atoms with Gasteiger partial charge in [-0.15, -0.1) is 11.3 Å². The third-order valence-electron chi connectivity index (χ3n) is 6.35. The van der Waals surface area contributed by atoms with Gasteiger partial charge in [-0.1, -0.05) is 20.4 Å². The number of carbonyl (C=O) groups is 1. The quantitative estimate of drug-likeness (QED) is 0.597. The second-order valence-electron chi connectivity index (χ2n) is 9.22. The molecule has 174 valence electrons. The average molecular weight is 467 g/mol.